The molecule has 1 N–H and O–H groups in total. The zero-order chi connectivity index (χ0) is 16.4. The molecule has 0 unspecified atom stereocenters. The molecular weight excluding hydrogens is 336 g/mol. The van der Waals surface area contributed by atoms with Crippen molar-refractivity contribution >= 4 is 21.6 Å². The van der Waals surface area contributed by atoms with Crippen molar-refractivity contribution in [2.24, 2.45) is 5.92 Å². The number of halogens is 1. The Bertz CT molecular complexity index is 870. The summed E-state index contributed by atoms with van der Waals surface area (Å²) in [5, 5.41) is 8.86. The summed E-state index contributed by atoms with van der Waals surface area (Å²) in [6.45, 7) is 1.19. The van der Waals surface area contributed by atoms with Gasteiger partial charge in [0.05, 0.1) is 16.7 Å². The molecule has 0 saturated carbocycles. The van der Waals surface area contributed by atoms with Crippen molar-refractivity contribution in [3.63, 3.8) is 0 Å². The summed E-state index contributed by atoms with van der Waals surface area (Å²) >= 11 is 5.98. The maximum absolute atomic E-state index is 12.4. The van der Waals surface area contributed by atoms with E-state index in [1.807, 2.05) is 12.3 Å². The van der Waals surface area contributed by atoms with Gasteiger partial charge in [0.25, 0.3) is 0 Å². The number of aromatic nitrogens is 2. The van der Waals surface area contributed by atoms with Crippen molar-refractivity contribution < 1.29 is 8.42 Å². The van der Waals surface area contributed by atoms with Gasteiger partial charge in [-0.05, 0) is 30.5 Å². The Labute approximate surface area is 139 Å². The lowest BCUT2D eigenvalue weighted by atomic mass is 9.98. The predicted molar refractivity (Wildman–Crippen MR) is 85.4 cm³/mol. The highest BCUT2D eigenvalue weighted by Gasteiger charge is 2.23. The molecule has 1 atom stereocenters. The fourth-order valence-electron chi connectivity index (χ4n) is 2.68. The number of hydrogen-bond acceptors (Lipinski definition) is 4. The second-order valence-electron chi connectivity index (χ2n) is 5.50. The van der Waals surface area contributed by atoms with E-state index in [2.05, 4.69) is 14.3 Å². The third kappa shape index (κ3) is 3.39. The summed E-state index contributed by atoms with van der Waals surface area (Å²) in [7, 11) is -3.70. The Morgan fingerprint density at radius 2 is 2.30 bits per heavy atom. The van der Waals surface area contributed by atoms with E-state index < -0.39 is 10.0 Å². The van der Waals surface area contributed by atoms with Gasteiger partial charge in [0.1, 0.15) is 10.7 Å². The van der Waals surface area contributed by atoms with E-state index in [-0.39, 0.29) is 15.8 Å². The smallest absolute Gasteiger partial charge is 0.242 e. The molecule has 3 rings (SSSR count). The minimum absolute atomic E-state index is 0.00419. The molecule has 8 heteroatoms. The van der Waals surface area contributed by atoms with Crippen molar-refractivity contribution in [3.8, 4) is 6.07 Å². The number of fused-ring (bicyclic) bond motifs is 1. The number of imidazole rings is 1. The highest BCUT2D eigenvalue weighted by molar-refractivity contribution is 7.89. The largest absolute Gasteiger partial charge is 0.335 e. The fourth-order valence-corrected chi connectivity index (χ4v) is 4.34. The molecule has 0 radical (unpaired) electrons. The van der Waals surface area contributed by atoms with Crippen LogP contribution >= 0.6 is 11.6 Å². The van der Waals surface area contributed by atoms with E-state index in [1.165, 1.54) is 18.2 Å². The number of aryl methyl sites for hydroxylation is 1. The van der Waals surface area contributed by atoms with Crippen LogP contribution in [0.2, 0.25) is 5.02 Å². The molecule has 1 aliphatic heterocycles. The molecule has 0 fully saturated rings. The monoisotopic (exact) mass is 350 g/mol. The standard InChI is InChI=1S/C15H15ClN4O2S/c16-13-7-11(9-17)1-2-14(13)23(21,22)19-10-12-3-5-20-6-4-18-15(20)8-12/h1-2,4,6-7,12,19H,3,5,8,10H2/t12-/m1/s1. The second kappa shape index (κ2) is 6.32. The van der Waals surface area contributed by atoms with Crippen molar-refractivity contribution in [2.75, 3.05) is 6.54 Å². The van der Waals surface area contributed by atoms with Gasteiger partial charge in [-0.3, -0.25) is 0 Å². The second-order valence-corrected chi connectivity index (χ2v) is 7.65. The molecule has 0 spiro atoms. The van der Waals surface area contributed by atoms with Gasteiger partial charge >= 0.3 is 0 Å². The Hall–Kier alpha value is -1.88. The molecule has 2 heterocycles. The van der Waals surface area contributed by atoms with Crippen molar-refractivity contribution in [1.82, 2.24) is 14.3 Å². The van der Waals surface area contributed by atoms with Crippen LogP contribution in [0.4, 0.5) is 0 Å². The summed E-state index contributed by atoms with van der Waals surface area (Å²) < 4.78 is 29.5. The van der Waals surface area contributed by atoms with Crippen molar-refractivity contribution in [2.45, 2.75) is 24.3 Å². The van der Waals surface area contributed by atoms with Crippen LogP contribution in [-0.4, -0.2) is 24.5 Å². The first kappa shape index (κ1) is 16.0. The number of nitriles is 1. The average Bonchev–Trinajstić information content (AvgIpc) is 3.00. The topological polar surface area (TPSA) is 87.8 Å². The van der Waals surface area contributed by atoms with Crippen molar-refractivity contribution in [1.29, 1.82) is 5.26 Å². The molecule has 0 aliphatic carbocycles. The van der Waals surface area contributed by atoms with Crippen LogP contribution in [0.25, 0.3) is 0 Å². The van der Waals surface area contributed by atoms with E-state index in [4.69, 9.17) is 16.9 Å². The summed E-state index contributed by atoms with van der Waals surface area (Å²) in [4.78, 5) is 4.27. The highest BCUT2D eigenvalue weighted by Crippen LogP contribution is 2.23. The van der Waals surface area contributed by atoms with Gasteiger partial charge in [0.15, 0.2) is 0 Å². The van der Waals surface area contributed by atoms with Crippen LogP contribution in [0.3, 0.4) is 0 Å². The number of nitrogens with one attached hydrogen (secondary N) is 1. The lowest BCUT2D eigenvalue weighted by Gasteiger charge is -2.23. The molecule has 1 aromatic heterocycles. The number of nitrogens with zero attached hydrogens (tertiary/aromatic N) is 3. The molecule has 0 saturated heterocycles. The minimum atomic E-state index is -3.70. The molecule has 2 aromatic rings. The number of hydrogen-bond donors (Lipinski definition) is 1. The van der Waals surface area contributed by atoms with Crippen LogP contribution in [0.15, 0.2) is 35.5 Å². The summed E-state index contributed by atoms with van der Waals surface area (Å²) in [5.41, 5.74) is 0.327. The predicted octanol–water partition coefficient (Wildman–Crippen LogP) is 1.95. The van der Waals surface area contributed by atoms with Gasteiger partial charge in [-0.25, -0.2) is 18.1 Å². The van der Waals surface area contributed by atoms with Crippen LogP contribution in [0.5, 0.6) is 0 Å². The average molecular weight is 351 g/mol. The quantitative estimate of drug-likeness (QED) is 0.912. The van der Waals surface area contributed by atoms with E-state index in [9.17, 15) is 8.42 Å². The third-order valence-corrected chi connectivity index (χ3v) is 5.87. The zero-order valence-electron chi connectivity index (χ0n) is 12.2. The first-order valence-corrected chi connectivity index (χ1v) is 9.05. The van der Waals surface area contributed by atoms with E-state index in [1.54, 1.807) is 6.20 Å². The minimum Gasteiger partial charge on any atom is -0.335 e. The summed E-state index contributed by atoms with van der Waals surface area (Å²) in [5.74, 6) is 1.19. The van der Waals surface area contributed by atoms with Crippen LogP contribution in [0.1, 0.15) is 17.8 Å². The van der Waals surface area contributed by atoms with Gasteiger partial charge in [-0.2, -0.15) is 5.26 Å². The Balaban J connectivity index is 1.69. The maximum atomic E-state index is 12.4. The molecule has 1 aliphatic rings. The highest BCUT2D eigenvalue weighted by atomic mass is 35.5. The molecule has 0 bridgehead atoms. The first-order chi connectivity index (χ1) is 11.0. The lowest BCUT2D eigenvalue weighted by molar-refractivity contribution is 0.379. The first-order valence-electron chi connectivity index (χ1n) is 7.19. The molecule has 1 aromatic carbocycles. The number of rotatable bonds is 4. The Morgan fingerprint density at radius 1 is 1.48 bits per heavy atom. The van der Waals surface area contributed by atoms with Crippen LogP contribution in [0, 0.1) is 17.2 Å². The summed E-state index contributed by atoms with van der Waals surface area (Å²) in [6.07, 6.45) is 5.34. The fraction of sp³-hybridized carbons (Fsp3) is 0.333. The molecule has 6 nitrogen and oxygen atoms in total. The zero-order valence-corrected chi connectivity index (χ0v) is 13.8. The number of sulfonamides is 1. The normalized spacial score (nSPS) is 17.5. The third-order valence-electron chi connectivity index (χ3n) is 3.96. The number of benzene rings is 1. The molecule has 0 amide bonds. The Morgan fingerprint density at radius 3 is 3.04 bits per heavy atom. The van der Waals surface area contributed by atoms with Gasteiger partial charge in [-0.1, -0.05) is 11.6 Å². The molecule has 23 heavy (non-hydrogen) atoms. The van der Waals surface area contributed by atoms with Gasteiger partial charge < -0.3 is 4.57 Å². The Kier molecular flexibility index (Phi) is 4.39. The van der Waals surface area contributed by atoms with Gasteiger partial charge in [0, 0.05) is 31.9 Å². The van der Waals surface area contributed by atoms with Crippen LogP contribution < -0.4 is 4.72 Å². The molecule has 120 valence electrons. The van der Waals surface area contributed by atoms with E-state index in [0.717, 1.165) is 25.2 Å². The van der Waals surface area contributed by atoms with Gasteiger partial charge in [-0.15, -0.1) is 0 Å². The maximum Gasteiger partial charge on any atom is 0.242 e. The van der Waals surface area contributed by atoms with Crippen LogP contribution in [-0.2, 0) is 23.0 Å². The SMILES string of the molecule is N#Cc1ccc(S(=O)(=O)NC[C@@H]2CCn3ccnc3C2)c(Cl)c1. The van der Waals surface area contributed by atoms with Gasteiger partial charge in [0.2, 0.25) is 10.0 Å². The van der Waals surface area contributed by atoms with E-state index >= 15 is 0 Å². The molecular formula is C15H15ClN4O2S. The van der Waals surface area contributed by atoms with E-state index in [0.29, 0.717) is 12.1 Å². The van der Waals surface area contributed by atoms with Crippen molar-refractivity contribution in [3.05, 3.63) is 47.0 Å². The lowest BCUT2D eigenvalue weighted by Crippen LogP contribution is -2.33. The summed E-state index contributed by atoms with van der Waals surface area (Å²) in [6, 6.07) is 6.08.